The summed E-state index contributed by atoms with van der Waals surface area (Å²) in [6, 6.07) is 4.16. The molecule has 0 fully saturated rings. The minimum atomic E-state index is -1.60. The molecule has 0 aromatic carbocycles. The summed E-state index contributed by atoms with van der Waals surface area (Å²) in [6.45, 7) is 17.5. The molecule has 0 rings (SSSR count). The quantitative estimate of drug-likeness (QED) is 0.304. The van der Waals surface area contributed by atoms with Gasteiger partial charge in [0.15, 0.2) is 8.32 Å². The van der Waals surface area contributed by atoms with E-state index in [1.165, 1.54) is 56.7 Å². The van der Waals surface area contributed by atoms with Crippen molar-refractivity contribution >= 4 is 8.32 Å². The highest BCUT2D eigenvalue weighted by molar-refractivity contribution is 6.74. The fraction of sp³-hybridized carbons (Fsp3) is 1.00. The minimum absolute atomic E-state index is 0.839. The molecule has 2 heteroatoms. The van der Waals surface area contributed by atoms with Crippen molar-refractivity contribution in [1.82, 2.24) is 0 Å². The summed E-state index contributed by atoms with van der Waals surface area (Å²) >= 11 is 0. The Hall–Kier alpha value is 0.177. The van der Waals surface area contributed by atoms with Crippen LogP contribution in [0.1, 0.15) is 87.0 Å². The van der Waals surface area contributed by atoms with Gasteiger partial charge in [0, 0.05) is 6.61 Å². The lowest BCUT2D eigenvalue weighted by Crippen LogP contribution is -2.43. The highest BCUT2D eigenvalue weighted by atomic mass is 28.4. The Balaban J connectivity index is 5.05. The van der Waals surface area contributed by atoms with Gasteiger partial charge in [0.2, 0.25) is 0 Å². The van der Waals surface area contributed by atoms with Crippen molar-refractivity contribution in [2.24, 2.45) is 17.8 Å². The molecule has 3 unspecified atom stereocenters. The first-order valence-corrected chi connectivity index (χ1v) is 12.6. The van der Waals surface area contributed by atoms with Gasteiger partial charge >= 0.3 is 0 Å². The molecule has 1 nitrogen and oxygen atoms in total. The molecule has 22 heavy (non-hydrogen) atoms. The Bertz CT molecular complexity index is 218. The summed E-state index contributed by atoms with van der Waals surface area (Å²) < 4.78 is 6.62. The van der Waals surface area contributed by atoms with E-state index in [0.29, 0.717) is 0 Å². The van der Waals surface area contributed by atoms with Gasteiger partial charge in [-0.05, 0) is 42.8 Å². The van der Waals surface area contributed by atoms with Crippen LogP contribution in [0.3, 0.4) is 0 Å². The maximum absolute atomic E-state index is 6.62. The van der Waals surface area contributed by atoms with Crippen LogP contribution in [0.2, 0.25) is 18.1 Å². The van der Waals surface area contributed by atoms with Gasteiger partial charge < -0.3 is 4.43 Å². The van der Waals surface area contributed by atoms with Gasteiger partial charge in [-0.15, -0.1) is 0 Å². The third-order valence-electron chi connectivity index (χ3n) is 4.96. The van der Waals surface area contributed by atoms with E-state index in [4.69, 9.17) is 4.43 Å². The smallest absolute Gasteiger partial charge is 0.193 e. The summed E-state index contributed by atoms with van der Waals surface area (Å²) in [7, 11) is -1.60. The van der Waals surface area contributed by atoms with Crippen molar-refractivity contribution < 1.29 is 4.43 Å². The highest BCUT2D eigenvalue weighted by Gasteiger charge is 2.38. The van der Waals surface area contributed by atoms with Crippen LogP contribution >= 0.6 is 0 Å². The number of hydrogen-bond acceptors (Lipinski definition) is 1. The van der Waals surface area contributed by atoms with Crippen LogP contribution in [0.25, 0.3) is 0 Å². The van der Waals surface area contributed by atoms with Gasteiger partial charge in [0.05, 0.1) is 0 Å². The zero-order valence-corrected chi connectivity index (χ0v) is 17.7. The van der Waals surface area contributed by atoms with E-state index in [1.54, 1.807) is 0 Å². The average Bonchev–Trinajstić information content (AvgIpc) is 2.39. The SMILES string of the molecule is CCCC(C)C[Si](CC(C)CCC)(CC(C)CCC)OCC. The van der Waals surface area contributed by atoms with Crippen LogP contribution in [0.15, 0.2) is 0 Å². The molecule has 0 aliphatic heterocycles. The van der Waals surface area contributed by atoms with E-state index >= 15 is 0 Å². The predicted molar refractivity (Wildman–Crippen MR) is 104 cm³/mol. The van der Waals surface area contributed by atoms with Crippen molar-refractivity contribution in [3.63, 3.8) is 0 Å². The summed E-state index contributed by atoms with van der Waals surface area (Å²) in [5, 5.41) is 0. The van der Waals surface area contributed by atoms with Gasteiger partial charge in [-0.25, -0.2) is 0 Å². The first kappa shape index (κ1) is 22.2. The Kier molecular flexibility index (Phi) is 12.7. The Morgan fingerprint density at radius 3 is 1.18 bits per heavy atom. The molecule has 0 bridgehead atoms. The third kappa shape index (κ3) is 9.35. The maximum atomic E-state index is 6.62. The number of rotatable bonds is 14. The molecule has 0 saturated heterocycles. The van der Waals surface area contributed by atoms with Crippen molar-refractivity contribution in [2.45, 2.75) is 105 Å². The van der Waals surface area contributed by atoms with Crippen LogP contribution in [-0.4, -0.2) is 14.9 Å². The van der Waals surface area contributed by atoms with E-state index in [2.05, 4.69) is 48.5 Å². The molecule has 0 saturated carbocycles. The molecule has 0 aliphatic carbocycles. The summed E-state index contributed by atoms with van der Waals surface area (Å²) in [5.74, 6) is 2.52. The second kappa shape index (κ2) is 12.6. The van der Waals surface area contributed by atoms with E-state index in [9.17, 15) is 0 Å². The molecule has 134 valence electrons. The monoisotopic (exact) mass is 328 g/mol. The van der Waals surface area contributed by atoms with E-state index in [1.807, 2.05) is 0 Å². The Morgan fingerprint density at radius 2 is 0.955 bits per heavy atom. The lowest BCUT2D eigenvalue weighted by Gasteiger charge is -2.37. The van der Waals surface area contributed by atoms with Crippen LogP contribution < -0.4 is 0 Å². The second-order valence-corrected chi connectivity index (χ2v) is 11.8. The molecule has 0 aromatic heterocycles. The molecular formula is C20H44OSi. The summed E-state index contributed by atoms with van der Waals surface area (Å²) in [4.78, 5) is 0. The molecule has 0 aliphatic rings. The van der Waals surface area contributed by atoms with Crippen molar-refractivity contribution in [1.29, 1.82) is 0 Å². The fourth-order valence-electron chi connectivity index (χ4n) is 4.42. The Labute approximate surface area is 142 Å². The van der Waals surface area contributed by atoms with Crippen LogP contribution in [0.4, 0.5) is 0 Å². The zero-order valence-electron chi connectivity index (χ0n) is 16.7. The van der Waals surface area contributed by atoms with Crippen molar-refractivity contribution in [2.75, 3.05) is 6.61 Å². The molecular weight excluding hydrogens is 284 g/mol. The van der Waals surface area contributed by atoms with Crippen molar-refractivity contribution in [3.8, 4) is 0 Å². The Morgan fingerprint density at radius 1 is 0.636 bits per heavy atom. The predicted octanol–water partition coefficient (Wildman–Crippen LogP) is 7.28. The highest BCUT2D eigenvalue weighted by Crippen LogP contribution is 2.36. The second-order valence-electron chi connectivity index (χ2n) is 7.91. The molecule has 0 N–H and O–H groups in total. The molecule has 0 radical (unpaired) electrons. The van der Waals surface area contributed by atoms with Gasteiger partial charge in [0.1, 0.15) is 0 Å². The van der Waals surface area contributed by atoms with Crippen LogP contribution in [-0.2, 0) is 4.43 Å². The van der Waals surface area contributed by atoms with Crippen LogP contribution in [0.5, 0.6) is 0 Å². The zero-order chi connectivity index (χ0) is 17.0. The lowest BCUT2D eigenvalue weighted by atomic mass is 10.1. The van der Waals surface area contributed by atoms with Gasteiger partial charge in [0.25, 0.3) is 0 Å². The summed E-state index contributed by atoms with van der Waals surface area (Å²) in [5.41, 5.74) is 0. The molecule has 0 heterocycles. The maximum Gasteiger partial charge on any atom is 0.193 e. The normalized spacial score (nSPS) is 18.7. The fourth-order valence-corrected chi connectivity index (χ4v) is 10.3. The standard InChI is InChI=1S/C20H44OSi/c1-8-12-18(5)15-22(21-11-4,16-19(6)13-9-2)17-20(7)14-10-3/h18-20H,8-17H2,1-7H3. The molecule has 0 aromatic rings. The van der Waals surface area contributed by atoms with E-state index in [0.717, 1.165) is 24.4 Å². The number of hydrogen-bond donors (Lipinski definition) is 0. The molecule has 0 amide bonds. The van der Waals surface area contributed by atoms with Gasteiger partial charge in [-0.3, -0.25) is 0 Å². The topological polar surface area (TPSA) is 9.23 Å². The van der Waals surface area contributed by atoms with E-state index in [-0.39, 0.29) is 0 Å². The van der Waals surface area contributed by atoms with Gasteiger partial charge in [-0.2, -0.15) is 0 Å². The minimum Gasteiger partial charge on any atom is -0.417 e. The van der Waals surface area contributed by atoms with Crippen LogP contribution in [0, 0.1) is 17.8 Å². The van der Waals surface area contributed by atoms with E-state index < -0.39 is 8.32 Å². The largest absolute Gasteiger partial charge is 0.417 e. The first-order valence-electron chi connectivity index (χ1n) is 10.1. The van der Waals surface area contributed by atoms with Gasteiger partial charge in [-0.1, -0.05) is 80.1 Å². The first-order chi connectivity index (χ1) is 10.4. The molecule has 0 spiro atoms. The molecule has 3 atom stereocenters. The lowest BCUT2D eigenvalue weighted by molar-refractivity contribution is 0.295. The van der Waals surface area contributed by atoms with Crippen molar-refractivity contribution in [3.05, 3.63) is 0 Å². The third-order valence-corrected chi connectivity index (χ3v) is 10.2. The average molecular weight is 329 g/mol. The summed E-state index contributed by atoms with van der Waals surface area (Å²) in [6.07, 6.45) is 8.04.